The molecule has 32 heavy (non-hydrogen) atoms. The van der Waals surface area contributed by atoms with E-state index in [1.807, 2.05) is 42.5 Å². The zero-order valence-corrected chi connectivity index (χ0v) is 20.4. The summed E-state index contributed by atoms with van der Waals surface area (Å²) in [7, 11) is 0. The monoisotopic (exact) mass is 533 g/mol. The van der Waals surface area contributed by atoms with Crippen molar-refractivity contribution in [2.45, 2.75) is 20.8 Å². The molecule has 0 spiro atoms. The molecular weight excluding hydrogens is 509 g/mol. The maximum Gasteiger partial charge on any atom is 0.343 e. The Balaban J connectivity index is 1.82. The predicted octanol–water partition coefficient (Wildman–Crippen LogP) is 7.85. The second kappa shape index (κ2) is 9.57. The van der Waals surface area contributed by atoms with Crippen LogP contribution in [0.25, 0.3) is 11.1 Å². The van der Waals surface area contributed by atoms with Crippen molar-refractivity contribution < 1.29 is 9.53 Å². The van der Waals surface area contributed by atoms with Crippen molar-refractivity contribution in [3.63, 3.8) is 0 Å². The molecule has 0 radical (unpaired) electrons. The van der Waals surface area contributed by atoms with Gasteiger partial charge in [0.2, 0.25) is 0 Å². The average molecular weight is 533 g/mol. The molecule has 3 nitrogen and oxygen atoms in total. The number of nitrogens with one attached hydrogen (secondary N) is 1. The summed E-state index contributed by atoms with van der Waals surface area (Å²) in [5.41, 5.74) is 7.97. The van der Waals surface area contributed by atoms with Crippen LogP contribution >= 0.6 is 22.6 Å². The topological polar surface area (TPSA) is 38.3 Å². The standard InChI is InChI=1S/C28H24INO2/c1-18-10-8-16-23(30-27-19(2)11-7-12-20(27)3)25(18)26-22(29)15-9-17-24(26)32-28(31)21-13-5-4-6-14-21/h4-17,30H,1-3H3. The Kier molecular flexibility index (Phi) is 6.61. The summed E-state index contributed by atoms with van der Waals surface area (Å²) < 4.78 is 6.92. The minimum absolute atomic E-state index is 0.369. The maximum absolute atomic E-state index is 12.8. The van der Waals surface area contributed by atoms with Gasteiger partial charge in [0, 0.05) is 26.1 Å². The lowest BCUT2D eigenvalue weighted by Gasteiger charge is -2.20. The van der Waals surface area contributed by atoms with Gasteiger partial charge in [0.1, 0.15) is 5.75 Å². The van der Waals surface area contributed by atoms with Crippen LogP contribution in [0.5, 0.6) is 5.75 Å². The Morgan fingerprint density at radius 1 is 0.719 bits per heavy atom. The number of para-hydroxylation sites is 1. The van der Waals surface area contributed by atoms with Gasteiger partial charge in [0.05, 0.1) is 5.56 Å². The van der Waals surface area contributed by atoms with Gasteiger partial charge in [-0.2, -0.15) is 0 Å². The number of rotatable bonds is 5. The number of aryl methyl sites for hydroxylation is 3. The summed E-state index contributed by atoms with van der Waals surface area (Å²) >= 11 is 2.31. The average Bonchev–Trinajstić information content (AvgIpc) is 2.78. The molecule has 0 amide bonds. The molecule has 4 rings (SSSR count). The lowest BCUT2D eigenvalue weighted by atomic mass is 9.97. The van der Waals surface area contributed by atoms with E-state index in [0.29, 0.717) is 11.3 Å². The van der Waals surface area contributed by atoms with Gasteiger partial charge in [0.25, 0.3) is 0 Å². The summed E-state index contributed by atoms with van der Waals surface area (Å²) in [6.45, 7) is 6.28. The van der Waals surface area contributed by atoms with Gasteiger partial charge < -0.3 is 10.1 Å². The lowest BCUT2D eigenvalue weighted by molar-refractivity contribution is 0.0735. The van der Waals surface area contributed by atoms with Crippen LogP contribution in [0.4, 0.5) is 11.4 Å². The van der Waals surface area contributed by atoms with Crippen LogP contribution in [0, 0.1) is 24.3 Å². The molecular formula is C28H24INO2. The van der Waals surface area contributed by atoms with Crippen molar-refractivity contribution in [1.29, 1.82) is 0 Å². The van der Waals surface area contributed by atoms with Crippen LogP contribution in [0.2, 0.25) is 0 Å². The number of hydrogen-bond donors (Lipinski definition) is 1. The molecule has 0 unspecified atom stereocenters. The maximum atomic E-state index is 12.8. The molecule has 160 valence electrons. The van der Waals surface area contributed by atoms with E-state index in [2.05, 4.69) is 79.0 Å². The molecule has 0 fully saturated rings. The Bertz CT molecular complexity index is 1260. The molecule has 4 heteroatoms. The van der Waals surface area contributed by atoms with Gasteiger partial charge >= 0.3 is 5.97 Å². The first-order valence-electron chi connectivity index (χ1n) is 10.4. The molecule has 4 aromatic carbocycles. The fourth-order valence-corrected chi connectivity index (χ4v) is 4.56. The Morgan fingerprint density at radius 3 is 2.06 bits per heavy atom. The highest BCUT2D eigenvalue weighted by molar-refractivity contribution is 14.1. The molecule has 0 aromatic heterocycles. The van der Waals surface area contributed by atoms with Crippen LogP contribution in [0.3, 0.4) is 0 Å². The number of carbonyl (C=O) groups is 1. The van der Waals surface area contributed by atoms with Crippen molar-refractivity contribution in [2.24, 2.45) is 0 Å². The van der Waals surface area contributed by atoms with E-state index in [-0.39, 0.29) is 5.97 Å². The summed E-state index contributed by atoms with van der Waals surface area (Å²) in [5, 5.41) is 3.64. The molecule has 0 atom stereocenters. The minimum Gasteiger partial charge on any atom is -0.422 e. The van der Waals surface area contributed by atoms with Gasteiger partial charge in [-0.05, 0) is 90.4 Å². The summed E-state index contributed by atoms with van der Waals surface area (Å²) in [5.74, 6) is 0.177. The number of benzene rings is 4. The number of ether oxygens (including phenoxy) is 1. The quantitative estimate of drug-likeness (QED) is 0.161. The second-order valence-corrected chi connectivity index (χ2v) is 8.92. The minimum atomic E-state index is -0.369. The summed E-state index contributed by atoms with van der Waals surface area (Å²) in [6.07, 6.45) is 0. The largest absolute Gasteiger partial charge is 0.422 e. The highest BCUT2D eigenvalue weighted by atomic mass is 127. The zero-order valence-electron chi connectivity index (χ0n) is 18.3. The Hall–Kier alpha value is -3.12. The molecule has 0 aliphatic rings. The van der Waals surface area contributed by atoms with E-state index in [1.54, 1.807) is 12.1 Å². The smallest absolute Gasteiger partial charge is 0.343 e. The van der Waals surface area contributed by atoms with Gasteiger partial charge in [-0.3, -0.25) is 0 Å². The van der Waals surface area contributed by atoms with Gasteiger partial charge in [-0.15, -0.1) is 0 Å². The molecule has 0 bridgehead atoms. The number of esters is 1. The van der Waals surface area contributed by atoms with Crippen molar-refractivity contribution in [3.05, 3.63) is 111 Å². The molecule has 1 N–H and O–H groups in total. The van der Waals surface area contributed by atoms with E-state index < -0.39 is 0 Å². The van der Waals surface area contributed by atoms with Crippen molar-refractivity contribution >= 4 is 39.9 Å². The van der Waals surface area contributed by atoms with Crippen LogP contribution in [-0.4, -0.2) is 5.97 Å². The fourth-order valence-electron chi connectivity index (χ4n) is 3.82. The molecule has 0 saturated carbocycles. The van der Waals surface area contributed by atoms with Crippen molar-refractivity contribution in [2.75, 3.05) is 5.32 Å². The van der Waals surface area contributed by atoms with Crippen LogP contribution in [0.1, 0.15) is 27.0 Å². The van der Waals surface area contributed by atoms with E-state index >= 15 is 0 Å². The van der Waals surface area contributed by atoms with Crippen molar-refractivity contribution in [1.82, 2.24) is 0 Å². The van der Waals surface area contributed by atoms with E-state index in [4.69, 9.17) is 4.74 Å². The molecule has 0 heterocycles. The fraction of sp³-hybridized carbons (Fsp3) is 0.107. The molecule has 0 aliphatic heterocycles. The van der Waals surface area contributed by atoms with Crippen molar-refractivity contribution in [3.8, 4) is 16.9 Å². The number of halogens is 1. The third kappa shape index (κ3) is 4.55. The number of anilines is 2. The summed E-state index contributed by atoms with van der Waals surface area (Å²) in [6, 6.07) is 27.3. The SMILES string of the molecule is Cc1cccc(C)c1Nc1cccc(C)c1-c1c(I)cccc1OC(=O)c1ccccc1. The second-order valence-electron chi connectivity index (χ2n) is 7.76. The van der Waals surface area contributed by atoms with Crippen LogP contribution in [0.15, 0.2) is 84.9 Å². The molecule has 0 aliphatic carbocycles. The van der Waals surface area contributed by atoms with E-state index in [0.717, 1.165) is 31.6 Å². The Labute approximate surface area is 202 Å². The number of hydrogen-bond acceptors (Lipinski definition) is 3. The summed E-state index contributed by atoms with van der Waals surface area (Å²) in [4.78, 5) is 12.8. The first-order chi connectivity index (χ1) is 15.5. The molecule has 0 saturated heterocycles. The van der Waals surface area contributed by atoms with Crippen LogP contribution < -0.4 is 10.1 Å². The Morgan fingerprint density at radius 2 is 1.34 bits per heavy atom. The third-order valence-corrected chi connectivity index (χ3v) is 6.35. The number of carbonyl (C=O) groups excluding carboxylic acids is 1. The lowest BCUT2D eigenvalue weighted by Crippen LogP contribution is -2.10. The highest BCUT2D eigenvalue weighted by Gasteiger charge is 2.20. The first-order valence-corrected chi connectivity index (χ1v) is 11.5. The zero-order chi connectivity index (χ0) is 22.7. The van der Waals surface area contributed by atoms with Gasteiger partial charge in [-0.1, -0.05) is 54.6 Å². The van der Waals surface area contributed by atoms with Gasteiger partial charge in [0.15, 0.2) is 0 Å². The first kappa shape index (κ1) is 22.1. The normalized spacial score (nSPS) is 10.6. The predicted molar refractivity (Wildman–Crippen MR) is 140 cm³/mol. The highest BCUT2D eigenvalue weighted by Crippen LogP contribution is 2.42. The van der Waals surface area contributed by atoms with E-state index in [1.165, 1.54) is 11.1 Å². The van der Waals surface area contributed by atoms with Gasteiger partial charge in [-0.25, -0.2) is 4.79 Å². The third-order valence-electron chi connectivity index (χ3n) is 5.45. The molecule has 4 aromatic rings. The van der Waals surface area contributed by atoms with Crippen LogP contribution in [-0.2, 0) is 0 Å². The van der Waals surface area contributed by atoms with E-state index in [9.17, 15) is 4.79 Å².